The van der Waals surface area contributed by atoms with Gasteiger partial charge in [0.2, 0.25) is 0 Å². The number of hydrogen-bond acceptors (Lipinski definition) is 5. The number of nitrogens with one attached hydrogen (secondary N) is 1. The van der Waals surface area contributed by atoms with Gasteiger partial charge in [-0.05, 0) is 46.0 Å². The molecule has 1 aliphatic rings. The van der Waals surface area contributed by atoms with Crippen LogP contribution in [0.2, 0.25) is 0 Å². The predicted octanol–water partition coefficient (Wildman–Crippen LogP) is 3.09. The van der Waals surface area contributed by atoms with Gasteiger partial charge in [-0.1, -0.05) is 18.2 Å². The summed E-state index contributed by atoms with van der Waals surface area (Å²) in [5.74, 6) is 0.288. The lowest BCUT2D eigenvalue weighted by Crippen LogP contribution is -2.57. The van der Waals surface area contributed by atoms with E-state index in [1.807, 2.05) is 20.8 Å². The summed E-state index contributed by atoms with van der Waals surface area (Å²) in [6.45, 7) is 5.90. The van der Waals surface area contributed by atoms with Gasteiger partial charge < -0.3 is 9.52 Å². The molecule has 2 atom stereocenters. The smallest absolute Gasteiger partial charge is 0.324 e. The number of oxazole rings is 1. The molecular weight excluding hydrogens is 288 g/mol. The molecule has 0 radical (unpaired) electrons. The van der Waals surface area contributed by atoms with Crippen LogP contribution in [0.15, 0.2) is 15.9 Å². The van der Waals surface area contributed by atoms with Crippen LogP contribution in [0.5, 0.6) is 0 Å². The molecule has 6 heteroatoms. The number of hydrogen-bond donors (Lipinski definition) is 2. The first-order valence-electron chi connectivity index (χ1n) is 7.50. The van der Waals surface area contributed by atoms with E-state index in [-0.39, 0.29) is 12.0 Å². The van der Waals surface area contributed by atoms with E-state index in [0.29, 0.717) is 11.6 Å². The number of carboxylic acids is 1. The van der Waals surface area contributed by atoms with E-state index >= 15 is 0 Å². The Morgan fingerprint density at radius 2 is 2.43 bits per heavy atom. The van der Waals surface area contributed by atoms with E-state index in [1.54, 1.807) is 18.0 Å². The minimum absolute atomic E-state index is 0.168. The summed E-state index contributed by atoms with van der Waals surface area (Å²) >= 11 is 1.56. The molecule has 2 rings (SSSR count). The van der Waals surface area contributed by atoms with Crippen LogP contribution in [0.25, 0.3) is 0 Å². The van der Waals surface area contributed by atoms with Crippen LogP contribution < -0.4 is 5.32 Å². The fourth-order valence-electron chi connectivity index (χ4n) is 3.20. The van der Waals surface area contributed by atoms with E-state index in [2.05, 4.69) is 10.3 Å². The van der Waals surface area contributed by atoms with E-state index in [1.165, 1.54) is 0 Å². The van der Waals surface area contributed by atoms with Crippen molar-refractivity contribution in [1.82, 2.24) is 10.3 Å². The molecule has 1 aromatic rings. The van der Waals surface area contributed by atoms with Gasteiger partial charge in [0.15, 0.2) is 0 Å². The number of aliphatic carboxylic acids is 1. The summed E-state index contributed by atoms with van der Waals surface area (Å²) in [6, 6.07) is 0.170. The van der Waals surface area contributed by atoms with E-state index < -0.39 is 11.5 Å². The van der Waals surface area contributed by atoms with Crippen molar-refractivity contribution in [2.45, 2.75) is 63.3 Å². The van der Waals surface area contributed by atoms with Crippen LogP contribution in [0.4, 0.5) is 0 Å². The minimum Gasteiger partial charge on any atom is -0.480 e. The third kappa shape index (κ3) is 3.80. The maximum absolute atomic E-state index is 11.8. The Labute approximate surface area is 129 Å². The predicted molar refractivity (Wildman–Crippen MR) is 82.6 cm³/mol. The molecule has 0 aromatic carbocycles. The number of carbonyl (C=O) groups is 1. The maximum atomic E-state index is 11.8. The molecule has 1 fully saturated rings. The molecule has 1 aliphatic carbocycles. The summed E-state index contributed by atoms with van der Waals surface area (Å²) in [4.78, 5) is 16.1. The molecule has 21 heavy (non-hydrogen) atoms. The molecule has 1 heterocycles. The van der Waals surface area contributed by atoms with Crippen LogP contribution in [0.1, 0.15) is 45.2 Å². The zero-order chi connectivity index (χ0) is 15.5. The van der Waals surface area contributed by atoms with E-state index in [0.717, 1.165) is 30.7 Å². The second-order valence-corrected chi connectivity index (χ2v) is 7.10. The molecule has 0 aliphatic heterocycles. The average Bonchev–Trinajstić information content (AvgIpc) is 2.97. The molecule has 5 nitrogen and oxygen atoms in total. The molecule has 2 N–H and O–H groups in total. The Bertz CT molecular complexity index is 489. The van der Waals surface area contributed by atoms with Gasteiger partial charge in [0, 0.05) is 11.8 Å². The summed E-state index contributed by atoms with van der Waals surface area (Å²) in [5.41, 5.74) is 0.112. The lowest BCUT2D eigenvalue weighted by molar-refractivity contribution is -0.147. The van der Waals surface area contributed by atoms with Gasteiger partial charge in [-0.2, -0.15) is 0 Å². The van der Waals surface area contributed by atoms with Gasteiger partial charge in [-0.25, -0.2) is 4.98 Å². The Balaban J connectivity index is 1.95. The molecule has 1 saturated carbocycles. The lowest BCUT2D eigenvalue weighted by Gasteiger charge is -2.34. The fourth-order valence-corrected chi connectivity index (χ4v) is 4.11. The number of aromatic nitrogens is 1. The Morgan fingerprint density at radius 3 is 3.00 bits per heavy atom. The van der Waals surface area contributed by atoms with E-state index in [9.17, 15) is 9.90 Å². The first-order chi connectivity index (χ1) is 9.94. The van der Waals surface area contributed by atoms with Crippen LogP contribution in [-0.2, 0) is 4.79 Å². The fraction of sp³-hybridized carbons (Fsp3) is 0.733. The summed E-state index contributed by atoms with van der Waals surface area (Å²) < 4.78 is 5.31. The standard InChI is InChI=1S/C15H24N2O3S/c1-10(2)17-15(13(18)19)7-4-5-12(15)6-8-21-14-16-11(3)9-20-14/h9-10,12,17H,4-8H2,1-3H3,(H,18,19). The number of rotatable bonds is 7. The van der Waals surface area contributed by atoms with Crippen molar-refractivity contribution in [1.29, 1.82) is 0 Å². The Hall–Kier alpha value is -1.01. The van der Waals surface area contributed by atoms with E-state index in [4.69, 9.17) is 4.42 Å². The van der Waals surface area contributed by atoms with Crippen LogP contribution in [0.3, 0.4) is 0 Å². The van der Waals surface area contributed by atoms with Gasteiger partial charge in [0.1, 0.15) is 11.8 Å². The Morgan fingerprint density at radius 1 is 1.67 bits per heavy atom. The molecule has 2 unspecified atom stereocenters. The topological polar surface area (TPSA) is 75.4 Å². The zero-order valence-electron chi connectivity index (χ0n) is 12.9. The zero-order valence-corrected chi connectivity index (χ0v) is 13.7. The number of carboxylic acid groups (broad SMARTS) is 1. The average molecular weight is 312 g/mol. The SMILES string of the molecule is Cc1coc(SCCC2CCCC2(NC(C)C)C(=O)O)n1. The molecule has 0 spiro atoms. The lowest BCUT2D eigenvalue weighted by atomic mass is 9.84. The van der Waals surface area contributed by atoms with Crippen LogP contribution in [-0.4, -0.2) is 33.4 Å². The largest absolute Gasteiger partial charge is 0.480 e. The second kappa shape index (κ2) is 6.83. The summed E-state index contributed by atoms with van der Waals surface area (Å²) in [7, 11) is 0. The monoisotopic (exact) mass is 312 g/mol. The molecule has 0 amide bonds. The molecular formula is C15H24N2O3S. The highest BCUT2D eigenvalue weighted by Crippen LogP contribution is 2.39. The van der Waals surface area contributed by atoms with Crippen LogP contribution in [0, 0.1) is 12.8 Å². The highest BCUT2D eigenvalue weighted by Gasteiger charge is 2.48. The number of nitrogens with zero attached hydrogens (tertiary/aromatic N) is 1. The third-order valence-electron chi connectivity index (χ3n) is 4.04. The number of thioether (sulfide) groups is 1. The van der Waals surface area contributed by atoms with Gasteiger partial charge in [-0.15, -0.1) is 0 Å². The van der Waals surface area contributed by atoms with Gasteiger partial charge in [-0.3, -0.25) is 10.1 Å². The first-order valence-corrected chi connectivity index (χ1v) is 8.48. The summed E-state index contributed by atoms with van der Waals surface area (Å²) in [5, 5.41) is 13.7. The van der Waals surface area contributed by atoms with Gasteiger partial charge in [0.05, 0.1) is 5.69 Å². The van der Waals surface area contributed by atoms with Crippen molar-refractivity contribution < 1.29 is 14.3 Å². The highest BCUT2D eigenvalue weighted by molar-refractivity contribution is 7.99. The third-order valence-corrected chi connectivity index (χ3v) is 4.91. The van der Waals surface area contributed by atoms with Crippen molar-refractivity contribution in [3.05, 3.63) is 12.0 Å². The molecule has 0 bridgehead atoms. The molecule has 0 saturated heterocycles. The van der Waals surface area contributed by atoms with Crippen LogP contribution >= 0.6 is 11.8 Å². The second-order valence-electron chi connectivity index (χ2n) is 6.06. The quantitative estimate of drug-likeness (QED) is 0.754. The first kappa shape index (κ1) is 16.4. The van der Waals surface area contributed by atoms with Gasteiger partial charge in [0.25, 0.3) is 5.22 Å². The molecule has 118 valence electrons. The normalized spacial score (nSPS) is 25.6. The van der Waals surface area contributed by atoms with Crippen molar-refractivity contribution in [2.75, 3.05) is 5.75 Å². The Kier molecular flexibility index (Phi) is 5.32. The van der Waals surface area contributed by atoms with Crippen molar-refractivity contribution in [3.8, 4) is 0 Å². The highest BCUT2D eigenvalue weighted by atomic mass is 32.2. The van der Waals surface area contributed by atoms with Gasteiger partial charge >= 0.3 is 5.97 Å². The van der Waals surface area contributed by atoms with Crippen molar-refractivity contribution >= 4 is 17.7 Å². The van der Waals surface area contributed by atoms with Crippen molar-refractivity contribution in [2.24, 2.45) is 5.92 Å². The maximum Gasteiger partial charge on any atom is 0.324 e. The molecule has 1 aromatic heterocycles. The minimum atomic E-state index is -0.763. The van der Waals surface area contributed by atoms with Crippen molar-refractivity contribution in [3.63, 3.8) is 0 Å². The summed E-state index contributed by atoms with van der Waals surface area (Å²) in [6.07, 6.45) is 5.16. The number of aryl methyl sites for hydroxylation is 1.